The predicted octanol–water partition coefficient (Wildman–Crippen LogP) is 3.64. The predicted molar refractivity (Wildman–Crippen MR) is 124 cm³/mol. The molecule has 0 saturated heterocycles. The molecule has 0 bridgehead atoms. The largest absolute Gasteiger partial charge is 0.455 e. The summed E-state index contributed by atoms with van der Waals surface area (Å²) in [5.41, 5.74) is 2.33. The molecule has 0 fully saturated rings. The topological polar surface area (TPSA) is 103 Å². The number of hydrogen-bond acceptors (Lipinski definition) is 7. The summed E-state index contributed by atoms with van der Waals surface area (Å²) in [6.45, 7) is -0.139. The van der Waals surface area contributed by atoms with E-state index in [0.717, 1.165) is 36.1 Å². The standard InChI is InChI=1S/C24H20N4O4S/c29-20-12-16(26-19-9-3-4-11-28(19)20)14-32-24(31)21-17-7-1-2-8-18(17)33-23(21)27-22(30)15-6-5-10-25-13-15/h3-6,9-13H,1-2,7-8,14H2,(H,27,30). The number of aryl methyl sites for hydroxylation is 1. The number of esters is 1. The van der Waals surface area contributed by atoms with Gasteiger partial charge in [-0.3, -0.25) is 19.0 Å². The number of amides is 1. The van der Waals surface area contributed by atoms with Crippen LogP contribution >= 0.6 is 11.3 Å². The molecule has 0 spiro atoms. The number of carbonyl (C=O) groups excluding carboxylic acids is 2. The van der Waals surface area contributed by atoms with Crippen LogP contribution in [0, 0.1) is 0 Å². The van der Waals surface area contributed by atoms with Crippen molar-refractivity contribution in [1.82, 2.24) is 14.4 Å². The number of ether oxygens (including phenoxy) is 1. The van der Waals surface area contributed by atoms with Gasteiger partial charge in [0.05, 0.1) is 16.8 Å². The first kappa shape index (κ1) is 21.0. The van der Waals surface area contributed by atoms with Crippen LogP contribution < -0.4 is 10.9 Å². The second-order valence-electron chi connectivity index (χ2n) is 7.70. The van der Waals surface area contributed by atoms with Gasteiger partial charge in [0.25, 0.3) is 11.5 Å². The first-order valence-corrected chi connectivity index (χ1v) is 11.4. The molecule has 1 aliphatic rings. The van der Waals surface area contributed by atoms with Crippen LogP contribution in [-0.4, -0.2) is 26.2 Å². The summed E-state index contributed by atoms with van der Waals surface area (Å²) in [7, 11) is 0. The number of aromatic nitrogens is 3. The first-order valence-electron chi connectivity index (χ1n) is 10.6. The Morgan fingerprint density at radius 3 is 2.88 bits per heavy atom. The number of rotatable bonds is 5. The average molecular weight is 461 g/mol. The molecule has 4 aromatic rings. The van der Waals surface area contributed by atoms with E-state index in [0.29, 0.717) is 27.5 Å². The van der Waals surface area contributed by atoms with E-state index in [1.165, 1.54) is 28.0 Å². The molecule has 5 rings (SSSR count). The molecule has 1 N–H and O–H groups in total. The average Bonchev–Trinajstić information content (AvgIpc) is 3.21. The number of anilines is 1. The molecule has 0 aromatic carbocycles. The van der Waals surface area contributed by atoms with Crippen molar-refractivity contribution in [3.05, 3.63) is 92.6 Å². The smallest absolute Gasteiger partial charge is 0.341 e. The molecular formula is C24H20N4O4S. The van der Waals surface area contributed by atoms with Crippen LogP contribution in [0.1, 0.15) is 49.7 Å². The maximum Gasteiger partial charge on any atom is 0.341 e. The molecule has 4 heterocycles. The van der Waals surface area contributed by atoms with Crippen molar-refractivity contribution in [2.24, 2.45) is 0 Å². The molecule has 9 heteroatoms. The molecule has 0 aliphatic heterocycles. The van der Waals surface area contributed by atoms with E-state index in [4.69, 9.17) is 4.74 Å². The van der Waals surface area contributed by atoms with E-state index in [2.05, 4.69) is 15.3 Å². The third-order valence-corrected chi connectivity index (χ3v) is 6.71. The highest BCUT2D eigenvalue weighted by Crippen LogP contribution is 2.38. The second-order valence-corrected chi connectivity index (χ2v) is 8.81. The lowest BCUT2D eigenvalue weighted by molar-refractivity contribution is 0.0468. The number of fused-ring (bicyclic) bond motifs is 2. The Kier molecular flexibility index (Phi) is 5.70. The van der Waals surface area contributed by atoms with Gasteiger partial charge < -0.3 is 10.1 Å². The van der Waals surface area contributed by atoms with Gasteiger partial charge >= 0.3 is 5.97 Å². The number of nitrogens with one attached hydrogen (secondary N) is 1. The second kappa shape index (κ2) is 8.95. The van der Waals surface area contributed by atoms with Crippen LogP contribution in [0.15, 0.2) is 59.8 Å². The third kappa shape index (κ3) is 4.27. The van der Waals surface area contributed by atoms with Crippen LogP contribution in [0.25, 0.3) is 5.65 Å². The Balaban J connectivity index is 1.41. The fourth-order valence-electron chi connectivity index (χ4n) is 3.93. The normalized spacial score (nSPS) is 12.8. The Morgan fingerprint density at radius 2 is 2.03 bits per heavy atom. The van der Waals surface area contributed by atoms with Crippen molar-refractivity contribution < 1.29 is 14.3 Å². The maximum atomic E-state index is 13.1. The summed E-state index contributed by atoms with van der Waals surface area (Å²) in [6.07, 6.45) is 8.35. The van der Waals surface area contributed by atoms with E-state index < -0.39 is 5.97 Å². The monoisotopic (exact) mass is 460 g/mol. The molecular weight excluding hydrogens is 440 g/mol. The number of carbonyl (C=O) groups is 2. The van der Waals surface area contributed by atoms with Gasteiger partial charge in [0.1, 0.15) is 17.3 Å². The summed E-state index contributed by atoms with van der Waals surface area (Å²) in [5, 5.41) is 3.35. The Labute approximate surface area is 192 Å². The van der Waals surface area contributed by atoms with Gasteiger partial charge in [0, 0.05) is 29.5 Å². The molecule has 1 amide bonds. The third-order valence-electron chi connectivity index (χ3n) is 5.50. The van der Waals surface area contributed by atoms with Gasteiger partial charge in [-0.05, 0) is 55.5 Å². The number of thiophene rings is 1. The molecule has 0 radical (unpaired) electrons. The van der Waals surface area contributed by atoms with Crippen molar-refractivity contribution in [2.75, 3.05) is 5.32 Å². The maximum absolute atomic E-state index is 13.1. The van der Waals surface area contributed by atoms with E-state index in [-0.39, 0.29) is 18.1 Å². The molecule has 0 unspecified atom stereocenters. The van der Waals surface area contributed by atoms with Crippen LogP contribution in [0.4, 0.5) is 5.00 Å². The van der Waals surface area contributed by atoms with Crippen molar-refractivity contribution in [3.63, 3.8) is 0 Å². The summed E-state index contributed by atoms with van der Waals surface area (Å²) >= 11 is 1.42. The van der Waals surface area contributed by atoms with E-state index in [1.807, 2.05) is 0 Å². The van der Waals surface area contributed by atoms with Gasteiger partial charge in [-0.15, -0.1) is 11.3 Å². The van der Waals surface area contributed by atoms with Gasteiger partial charge in [0.15, 0.2) is 0 Å². The highest BCUT2D eigenvalue weighted by atomic mass is 32.1. The summed E-state index contributed by atoms with van der Waals surface area (Å²) < 4.78 is 6.99. The Morgan fingerprint density at radius 1 is 1.15 bits per heavy atom. The fourth-order valence-corrected chi connectivity index (χ4v) is 5.20. The van der Waals surface area contributed by atoms with Crippen LogP contribution in [0.3, 0.4) is 0 Å². The molecule has 4 aromatic heterocycles. The van der Waals surface area contributed by atoms with Crippen molar-refractivity contribution in [3.8, 4) is 0 Å². The summed E-state index contributed by atoms with van der Waals surface area (Å²) in [5.74, 6) is -0.870. The molecule has 33 heavy (non-hydrogen) atoms. The summed E-state index contributed by atoms with van der Waals surface area (Å²) in [4.78, 5) is 47.6. The zero-order chi connectivity index (χ0) is 22.8. The van der Waals surface area contributed by atoms with E-state index in [9.17, 15) is 14.4 Å². The lowest BCUT2D eigenvalue weighted by Crippen LogP contribution is -2.18. The summed E-state index contributed by atoms with van der Waals surface area (Å²) in [6, 6.07) is 9.95. The minimum absolute atomic E-state index is 0.139. The molecule has 166 valence electrons. The van der Waals surface area contributed by atoms with Crippen molar-refractivity contribution in [1.29, 1.82) is 0 Å². The van der Waals surface area contributed by atoms with Gasteiger partial charge in [-0.1, -0.05) is 6.07 Å². The highest BCUT2D eigenvalue weighted by Gasteiger charge is 2.28. The van der Waals surface area contributed by atoms with E-state index >= 15 is 0 Å². The number of pyridine rings is 2. The van der Waals surface area contributed by atoms with Crippen molar-refractivity contribution in [2.45, 2.75) is 32.3 Å². The van der Waals surface area contributed by atoms with Gasteiger partial charge in [-0.2, -0.15) is 0 Å². The van der Waals surface area contributed by atoms with E-state index in [1.54, 1.807) is 42.7 Å². The Bertz CT molecular complexity index is 1410. The minimum atomic E-state index is -0.536. The fraction of sp³-hybridized carbons (Fsp3) is 0.208. The number of nitrogens with zero attached hydrogens (tertiary/aromatic N) is 3. The number of hydrogen-bond donors (Lipinski definition) is 1. The minimum Gasteiger partial charge on any atom is -0.455 e. The Hall–Kier alpha value is -3.85. The van der Waals surface area contributed by atoms with Crippen LogP contribution in [-0.2, 0) is 24.2 Å². The SMILES string of the molecule is O=C(Nc1sc2c(c1C(=O)OCc1cc(=O)n3ccccc3n1)CCCC2)c1cccnc1. The lowest BCUT2D eigenvalue weighted by atomic mass is 9.95. The lowest BCUT2D eigenvalue weighted by Gasteiger charge is -2.13. The highest BCUT2D eigenvalue weighted by molar-refractivity contribution is 7.17. The van der Waals surface area contributed by atoms with Crippen molar-refractivity contribution >= 4 is 33.9 Å². The van der Waals surface area contributed by atoms with Crippen LogP contribution in [0.5, 0.6) is 0 Å². The molecule has 8 nitrogen and oxygen atoms in total. The van der Waals surface area contributed by atoms with Gasteiger partial charge in [-0.25, -0.2) is 9.78 Å². The quantitative estimate of drug-likeness (QED) is 0.456. The zero-order valence-electron chi connectivity index (χ0n) is 17.6. The first-order chi connectivity index (χ1) is 16.1. The molecule has 0 saturated carbocycles. The van der Waals surface area contributed by atoms with Gasteiger partial charge in [0.2, 0.25) is 0 Å². The molecule has 1 aliphatic carbocycles. The molecule has 0 atom stereocenters. The van der Waals surface area contributed by atoms with Crippen LogP contribution in [0.2, 0.25) is 0 Å². The zero-order valence-corrected chi connectivity index (χ0v) is 18.4.